The topological polar surface area (TPSA) is 106 Å². The standard InChI is InChI=1S/C23H29N3O5/c1-5-30-19-12-6-16(7-13-19)21(28)26-18-10-8-17(9-11-18)25-20(27)14-15-24-22(29)31-23(2,3)4/h6-13H,5,14-15H2,1-4H3,(H,24,29)(H,25,27)(H,26,28). The van der Waals surface area contributed by atoms with Crippen molar-refractivity contribution >= 4 is 29.3 Å². The molecule has 0 saturated heterocycles. The molecule has 0 atom stereocenters. The molecule has 166 valence electrons. The molecule has 31 heavy (non-hydrogen) atoms. The Hall–Kier alpha value is -3.55. The lowest BCUT2D eigenvalue weighted by atomic mass is 10.2. The van der Waals surface area contributed by atoms with E-state index in [0.717, 1.165) is 0 Å². The van der Waals surface area contributed by atoms with Gasteiger partial charge < -0.3 is 25.4 Å². The molecular formula is C23H29N3O5. The lowest BCUT2D eigenvalue weighted by molar-refractivity contribution is -0.116. The number of benzene rings is 2. The number of alkyl carbamates (subject to hydrolysis) is 1. The van der Waals surface area contributed by atoms with E-state index in [-0.39, 0.29) is 24.8 Å². The highest BCUT2D eigenvalue weighted by molar-refractivity contribution is 6.04. The second kappa shape index (κ2) is 11.0. The predicted octanol–water partition coefficient (Wildman–Crippen LogP) is 4.19. The molecule has 8 heteroatoms. The third kappa shape index (κ3) is 8.77. The zero-order chi connectivity index (χ0) is 22.9. The van der Waals surface area contributed by atoms with Crippen molar-refractivity contribution in [2.75, 3.05) is 23.8 Å². The summed E-state index contributed by atoms with van der Waals surface area (Å²) in [4.78, 5) is 35.9. The van der Waals surface area contributed by atoms with Crippen LogP contribution in [0.25, 0.3) is 0 Å². The molecule has 0 aliphatic rings. The maximum absolute atomic E-state index is 12.3. The summed E-state index contributed by atoms with van der Waals surface area (Å²) >= 11 is 0. The zero-order valence-electron chi connectivity index (χ0n) is 18.3. The van der Waals surface area contributed by atoms with E-state index in [9.17, 15) is 14.4 Å². The van der Waals surface area contributed by atoms with Crippen molar-refractivity contribution in [1.82, 2.24) is 5.32 Å². The highest BCUT2D eigenvalue weighted by Crippen LogP contribution is 2.17. The van der Waals surface area contributed by atoms with E-state index in [1.807, 2.05) is 6.92 Å². The second-order valence-electron chi connectivity index (χ2n) is 7.72. The van der Waals surface area contributed by atoms with Crippen LogP contribution in [-0.4, -0.2) is 36.7 Å². The van der Waals surface area contributed by atoms with Crippen LogP contribution in [0.15, 0.2) is 48.5 Å². The monoisotopic (exact) mass is 427 g/mol. The van der Waals surface area contributed by atoms with Crippen molar-refractivity contribution in [2.24, 2.45) is 0 Å². The molecule has 3 N–H and O–H groups in total. The average molecular weight is 428 g/mol. The predicted molar refractivity (Wildman–Crippen MR) is 119 cm³/mol. The van der Waals surface area contributed by atoms with Gasteiger partial charge in [0.1, 0.15) is 11.4 Å². The van der Waals surface area contributed by atoms with Gasteiger partial charge in [0.25, 0.3) is 5.91 Å². The summed E-state index contributed by atoms with van der Waals surface area (Å²) in [7, 11) is 0. The lowest BCUT2D eigenvalue weighted by Gasteiger charge is -2.19. The quantitative estimate of drug-likeness (QED) is 0.586. The van der Waals surface area contributed by atoms with E-state index in [2.05, 4.69) is 16.0 Å². The first kappa shape index (κ1) is 23.7. The fourth-order valence-corrected chi connectivity index (χ4v) is 2.53. The van der Waals surface area contributed by atoms with Crippen LogP contribution in [0.5, 0.6) is 5.75 Å². The van der Waals surface area contributed by atoms with Crippen LogP contribution < -0.4 is 20.7 Å². The summed E-state index contributed by atoms with van der Waals surface area (Å²) in [5.74, 6) is 0.218. The summed E-state index contributed by atoms with van der Waals surface area (Å²) < 4.78 is 10.5. The number of ether oxygens (including phenoxy) is 2. The molecule has 0 aliphatic heterocycles. The number of carbonyl (C=O) groups is 3. The highest BCUT2D eigenvalue weighted by Gasteiger charge is 2.16. The van der Waals surface area contributed by atoms with Gasteiger partial charge >= 0.3 is 6.09 Å². The molecule has 0 bridgehead atoms. The van der Waals surface area contributed by atoms with E-state index in [1.165, 1.54) is 0 Å². The minimum Gasteiger partial charge on any atom is -0.494 e. The van der Waals surface area contributed by atoms with E-state index in [4.69, 9.17) is 9.47 Å². The molecule has 0 aromatic heterocycles. The first-order valence-corrected chi connectivity index (χ1v) is 10.1. The summed E-state index contributed by atoms with van der Waals surface area (Å²) in [6, 6.07) is 13.6. The maximum Gasteiger partial charge on any atom is 0.407 e. The molecule has 0 aliphatic carbocycles. The smallest absolute Gasteiger partial charge is 0.407 e. The number of hydrogen-bond acceptors (Lipinski definition) is 5. The van der Waals surface area contributed by atoms with Gasteiger partial charge in [-0.3, -0.25) is 9.59 Å². The van der Waals surface area contributed by atoms with Crippen LogP contribution in [-0.2, 0) is 9.53 Å². The van der Waals surface area contributed by atoms with Gasteiger partial charge in [-0.25, -0.2) is 4.79 Å². The van der Waals surface area contributed by atoms with Crippen molar-refractivity contribution in [1.29, 1.82) is 0 Å². The number of rotatable bonds is 8. The number of anilines is 2. The molecule has 0 radical (unpaired) electrons. The molecule has 0 fully saturated rings. The molecule has 2 aromatic carbocycles. The van der Waals surface area contributed by atoms with Gasteiger partial charge in [0.15, 0.2) is 0 Å². The van der Waals surface area contributed by atoms with E-state index < -0.39 is 11.7 Å². The summed E-state index contributed by atoms with van der Waals surface area (Å²) in [5, 5.41) is 8.07. The van der Waals surface area contributed by atoms with Crippen LogP contribution in [0.2, 0.25) is 0 Å². The highest BCUT2D eigenvalue weighted by atomic mass is 16.6. The molecule has 0 unspecified atom stereocenters. The zero-order valence-corrected chi connectivity index (χ0v) is 18.3. The molecule has 2 rings (SSSR count). The molecule has 8 nitrogen and oxygen atoms in total. The molecular weight excluding hydrogens is 398 g/mol. The number of nitrogens with one attached hydrogen (secondary N) is 3. The third-order valence-electron chi connectivity index (χ3n) is 3.87. The minimum atomic E-state index is -0.587. The summed E-state index contributed by atoms with van der Waals surface area (Å²) in [5.41, 5.74) is 1.11. The molecule has 0 saturated carbocycles. The summed E-state index contributed by atoms with van der Waals surface area (Å²) in [6.45, 7) is 7.93. The Bertz CT molecular complexity index is 887. The van der Waals surface area contributed by atoms with Crippen molar-refractivity contribution in [3.05, 3.63) is 54.1 Å². The van der Waals surface area contributed by atoms with E-state index in [1.54, 1.807) is 69.3 Å². The van der Waals surface area contributed by atoms with E-state index >= 15 is 0 Å². The second-order valence-corrected chi connectivity index (χ2v) is 7.72. The van der Waals surface area contributed by atoms with Gasteiger partial charge in [-0.2, -0.15) is 0 Å². The van der Waals surface area contributed by atoms with Gasteiger partial charge in [0.05, 0.1) is 6.61 Å². The van der Waals surface area contributed by atoms with Gasteiger partial charge in [-0.05, 0) is 76.2 Å². The van der Waals surface area contributed by atoms with Gasteiger partial charge in [-0.1, -0.05) is 0 Å². The van der Waals surface area contributed by atoms with Crippen molar-refractivity contribution < 1.29 is 23.9 Å². The average Bonchev–Trinajstić information content (AvgIpc) is 2.69. The largest absolute Gasteiger partial charge is 0.494 e. The maximum atomic E-state index is 12.3. The lowest BCUT2D eigenvalue weighted by Crippen LogP contribution is -2.34. The van der Waals surface area contributed by atoms with Gasteiger partial charge in [0.2, 0.25) is 5.91 Å². The Morgan fingerprint density at radius 3 is 2.00 bits per heavy atom. The fraction of sp³-hybridized carbons (Fsp3) is 0.348. The summed E-state index contributed by atoms with van der Waals surface area (Å²) in [6.07, 6.45) is -0.455. The van der Waals surface area contributed by atoms with Crippen molar-refractivity contribution in [3.63, 3.8) is 0 Å². The first-order valence-electron chi connectivity index (χ1n) is 10.1. The molecule has 0 heterocycles. The first-order chi connectivity index (χ1) is 14.7. The normalized spacial score (nSPS) is 10.7. The van der Waals surface area contributed by atoms with Crippen LogP contribution >= 0.6 is 0 Å². The van der Waals surface area contributed by atoms with E-state index in [0.29, 0.717) is 29.3 Å². The number of carbonyl (C=O) groups excluding carboxylic acids is 3. The molecule has 0 spiro atoms. The molecule has 3 amide bonds. The van der Waals surface area contributed by atoms with Crippen LogP contribution in [0.4, 0.5) is 16.2 Å². The third-order valence-corrected chi connectivity index (χ3v) is 3.87. The molecule has 2 aromatic rings. The number of hydrogen-bond donors (Lipinski definition) is 3. The van der Waals surface area contributed by atoms with Crippen LogP contribution in [0, 0.1) is 0 Å². The number of amides is 3. The van der Waals surface area contributed by atoms with Crippen LogP contribution in [0.1, 0.15) is 44.5 Å². The Morgan fingerprint density at radius 2 is 1.45 bits per heavy atom. The Morgan fingerprint density at radius 1 is 0.871 bits per heavy atom. The minimum absolute atomic E-state index is 0.107. The Labute approximate surface area is 182 Å². The Kier molecular flexibility index (Phi) is 8.43. The Balaban J connectivity index is 1.78. The van der Waals surface area contributed by atoms with Crippen LogP contribution in [0.3, 0.4) is 0 Å². The SMILES string of the molecule is CCOc1ccc(C(=O)Nc2ccc(NC(=O)CCNC(=O)OC(C)(C)C)cc2)cc1. The fourth-order valence-electron chi connectivity index (χ4n) is 2.53. The van der Waals surface area contributed by atoms with Gasteiger partial charge in [-0.15, -0.1) is 0 Å². The van der Waals surface area contributed by atoms with Crippen molar-refractivity contribution in [3.8, 4) is 5.75 Å². The van der Waals surface area contributed by atoms with Gasteiger partial charge in [0, 0.05) is 29.9 Å². The van der Waals surface area contributed by atoms with Crippen molar-refractivity contribution in [2.45, 2.75) is 39.7 Å².